The van der Waals surface area contributed by atoms with Crippen molar-refractivity contribution in [2.75, 3.05) is 31.1 Å². The largest absolute Gasteiger partial charge is 0.366 e. The summed E-state index contributed by atoms with van der Waals surface area (Å²) >= 11 is 5.93. The molecule has 2 aromatic carbocycles. The highest BCUT2D eigenvalue weighted by atomic mass is 35.5. The van der Waals surface area contributed by atoms with Crippen LogP contribution in [0.5, 0.6) is 0 Å². The molecular weight excluding hydrogens is 431 g/mol. The minimum atomic E-state index is -0.244. The standard InChI is InChI=1S/C24H24ClFN4O2/c25-19-9-7-18(8-10-19)21-11-12-24(32)30(27-21)13-3-6-23(31)29-16-14-28(15-17-29)22-5-2-1-4-20(22)26/h1-2,4-5,7-12H,3,6,13-17H2. The highest BCUT2D eigenvalue weighted by molar-refractivity contribution is 6.30. The molecule has 8 heteroatoms. The number of benzene rings is 2. The van der Waals surface area contributed by atoms with E-state index in [4.69, 9.17) is 11.6 Å². The van der Waals surface area contributed by atoms with Gasteiger partial charge in [0.05, 0.1) is 11.4 Å². The summed E-state index contributed by atoms with van der Waals surface area (Å²) in [4.78, 5) is 28.6. The van der Waals surface area contributed by atoms with E-state index in [1.807, 2.05) is 23.1 Å². The number of para-hydroxylation sites is 1. The van der Waals surface area contributed by atoms with E-state index in [0.29, 0.717) is 62.0 Å². The van der Waals surface area contributed by atoms with Crippen molar-refractivity contribution in [3.05, 3.63) is 81.9 Å². The van der Waals surface area contributed by atoms with E-state index < -0.39 is 0 Å². The van der Waals surface area contributed by atoms with E-state index in [9.17, 15) is 14.0 Å². The predicted octanol–water partition coefficient (Wildman–Crippen LogP) is 3.83. The summed E-state index contributed by atoms with van der Waals surface area (Å²) in [6.07, 6.45) is 0.850. The van der Waals surface area contributed by atoms with E-state index in [2.05, 4.69) is 5.10 Å². The van der Waals surface area contributed by atoms with Crippen LogP contribution in [-0.4, -0.2) is 46.8 Å². The third kappa shape index (κ3) is 5.16. The lowest BCUT2D eigenvalue weighted by Crippen LogP contribution is -2.49. The van der Waals surface area contributed by atoms with Crippen LogP contribution in [0.25, 0.3) is 11.3 Å². The van der Waals surface area contributed by atoms with Crippen molar-refractivity contribution >= 4 is 23.2 Å². The van der Waals surface area contributed by atoms with Gasteiger partial charge in [-0.15, -0.1) is 0 Å². The number of aromatic nitrogens is 2. The van der Waals surface area contributed by atoms with Crippen LogP contribution in [0.3, 0.4) is 0 Å². The molecule has 0 aliphatic carbocycles. The SMILES string of the molecule is O=C(CCCn1nc(-c2ccc(Cl)cc2)ccc1=O)N1CCN(c2ccccc2F)CC1. The Morgan fingerprint density at radius 2 is 1.69 bits per heavy atom. The van der Waals surface area contributed by atoms with Gasteiger partial charge in [0.15, 0.2) is 0 Å². The van der Waals surface area contributed by atoms with Crippen LogP contribution in [0, 0.1) is 5.82 Å². The molecule has 1 amide bonds. The number of carbonyl (C=O) groups excluding carboxylic acids is 1. The molecule has 0 bridgehead atoms. The minimum Gasteiger partial charge on any atom is -0.366 e. The second kappa shape index (κ2) is 9.96. The fourth-order valence-electron chi connectivity index (χ4n) is 3.83. The summed E-state index contributed by atoms with van der Waals surface area (Å²) in [6, 6.07) is 17.1. The van der Waals surface area contributed by atoms with Crippen LogP contribution < -0.4 is 10.5 Å². The molecule has 1 aliphatic heterocycles. The van der Waals surface area contributed by atoms with Gasteiger partial charge < -0.3 is 9.80 Å². The average Bonchev–Trinajstić information content (AvgIpc) is 2.81. The molecule has 166 valence electrons. The first-order valence-electron chi connectivity index (χ1n) is 10.6. The van der Waals surface area contributed by atoms with Crippen molar-refractivity contribution in [2.45, 2.75) is 19.4 Å². The van der Waals surface area contributed by atoms with Crippen LogP contribution in [0.4, 0.5) is 10.1 Å². The number of aryl methyl sites for hydroxylation is 1. The van der Waals surface area contributed by atoms with E-state index in [0.717, 1.165) is 5.56 Å². The summed E-state index contributed by atoms with van der Waals surface area (Å²) in [7, 11) is 0. The van der Waals surface area contributed by atoms with Gasteiger partial charge in [-0.1, -0.05) is 35.9 Å². The molecule has 4 rings (SSSR count). The molecule has 6 nitrogen and oxygen atoms in total. The van der Waals surface area contributed by atoms with Crippen LogP contribution in [0.15, 0.2) is 65.5 Å². The number of halogens is 2. The molecule has 1 aromatic heterocycles. The zero-order valence-electron chi connectivity index (χ0n) is 17.6. The molecule has 1 saturated heterocycles. The lowest BCUT2D eigenvalue weighted by Gasteiger charge is -2.36. The minimum absolute atomic E-state index is 0.0417. The van der Waals surface area contributed by atoms with Crippen molar-refractivity contribution in [3.63, 3.8) is 0 Å². The first-order chi connectivity index (χ1) is 15.5. The Labute approximate surface area is 190 Å². The Kier molecular flexibility index (Phi) is 6.85. The molecule has 0 N–H and O–H groups in total. The van der Waals surface area contributed by atoms with Gasteiger partial charge >= 0.3 is 0 Å². The molecule has 32 heavy (non-hydrogen) atoms. The molecule has 0 spiro atoms. The number of nitrogens with zero attached hydrogens (tertiary/aromatic N) is 4. The van der Waals surface area contributed by atoms with E-state index >= 15 is 0 Å². The normalized spacial score (nSPS) is 13.9. The van der Waals surface area contributed by atoms with Gasteiger partial charge in [0, 0.05) is 55.8 Å². The van der Waals surface area contributed by atoms with E-state index in [1.54, 1.807) is 35.2 Å². The molecule has 0 unspecified atom stereocenters. The van der Waals surface area contributed by atoms with Crippen LogP contribution >= 0.6 is 11.6 Å². The maximum Gasteiger partial charge on any atom is 0.266 e. The number of carbonyl (C=O) groups is 1. The van der Waals surface area contributed by atoms with E-state index in [1.165, 1.54) is 16.8 Å². The summed E-state index contributed by atoms with van der Waals surface area (Å²) in [5, 5.41) is 5.06. The van der Waals surface area contributed by atoms with Gasteiger partial charge in [-0.3, -0.25) is 9.59 Å². The second-order valence-corrected chi connectivity index (χ2v) is 8.15. The number of rotatable bonds is 6. The highest BCUT2D eigenvalue weighted by Gasteiger charge is 2.22. The lowest BCUT2D eigenvalue weighted by molar-refractivity contribution is -0.131. The number of amides is 1. The third-order valence-corrected chi connectivity index (χ3v) is 5.84. The van der Waals surface area contributed by atoms with Gasteiger partial charge in [0.1, 0.15) is 5.82 Å². The van der Waals surface area contributed by atoms with Crippen molar-refractivity contribution in [3.8, 4) is 11.3 Å². The molecule has 1 fully saturated rings. The zero-order chi connectivity index (χ0) is 22.5. The smallest absolute Gasteiger partial charge is 0.266 e. The number of anilines is 1. The molecule has 1 aliphatic rings. The Hall–Kier alpha value is -3.19. The average molecular weight is 455 g/mol. The Bertz CT molecular complexity index is 1140. The Balaban J connectivity index is 1.30. The topological polar surface area (TPSA) is 58.4 Å². The molecule has 3 aromatic rings. The molecule has 2 heterocycles. The second-order valence-electron chi connectivity index (χ2n) is 7.71. The molecule has 0 atom stereocenters. The van der Waals surface area contributed by atoms with Gasteiger partial charge in [0.25, 0.3) is 5.56 Å². The van der Waals surface area contributed by atoms with Crippen molar-refractivity contribution in [1.82, 2.24) is 14.7 Å². The predicted molar refractivity (Wildman–Crippen MR) is 123 cm³/mol. The fraction of sp³-hybridized carbons (Fsp3) is 0.292. The molecule has 0 radical (unpaired) electrons. The van der Waals surface area contributed by atoms with Gasteiger partial charge in [0.2, 0.25) is 5.91 Å². The first kappa shape index (κ1) is 22.0. The van der Waals surface area contributed by atoms with Crippen molar-refractivity contribution in [1.29, 1.82) is 0 Å². The zero-order valence-corrected chi connectivity index (χ0v) is 18.3. The maximum atomic E-state index is 14.0. The van der Waals surface area contributed by atoms with Crippen molar-refractivity contribution in [2.24, 2.45) is 0 Å². The molecular formula is C24H24ClFN4O2. The summed E-state index contributed by atoms with van der Waals surface area (Å²) in [5.41, 5.74) is 1.92. The quantitative estimate of drug-likeness (QED) is 0.568. The summed E-state index contributed by atoms with van der Waals surface area (Å²) < 4.78 is 15.4. The van der Waals surface area contributed by atoms with Crippen LogP contribution in [-0.2, 0) is 11.3 Å². The summed E-state index contributed by atoms with van der Waals surface area (Å²) in [6.45, 7) is 2.66. The summed E-state index contributed by atoms with van der Waals surface area (Å²) in [5.74, 6) is -0.203. The highest BCUT2D eigenvalue weighted by Crippen LogP contribution is 2.21. The molecule has 0 saturated carbocycles. The third-order valence-electron chi connectivity index (χ3n) is 5.59. The first-order valence-corrected chi connectivity index (χ1v) is 11.0. The van der Waals surface area contributed by atoms with Crippen LogP contribution in [0.2, 0.25) is 5.02 Å². The fourth-order valence-corrected chi connectivity index (χ4v) is 3.95. The van der Waals surface area contributed by atoms with Gasteiger partial charge in [-0.25, -0.2) is 9.07 Å². The van der Waals surface area contributed by atoms with Gasteiger partial charge in [-0.2, -0.15) is 5.10 Å². The maximum absolute atomic E-state index is 14.0. The van der Waals surface area contributed by atoms with Gasteiger partial charge in [-0.05, 0) is 36.8 Å². The van der Waals surface area contributed by atoms with Crippen molar-refractivity contribution < 1.29 is 9.18 Å². The monoisotopic (exact) mass is 454 g/mol. The Morgan fingerprint density at radius 3 is 2.41 bits per heavy atom. The van der Waals surface area contributed by atoms with Crippen LogP contribution in [0.1, 0.15) is 12.8 Å². The van der Waals surface area contributed by atoms with E-state index in [-0.39, 0.29) is 17.3 Å². The Morgan fingerprint density at radius 1 is 0.969 bits per heavy atom. The number of hydrogen-bond donors (Lipinski definition) is 0. The lowest BCUT2D eigenvalue weighted by atomic mass is 10.1. The number of piperazine rings is 1. The number of hydrogen-bond acceptors (Lipinski definition) is 4.